The third kappa shape index (κ3) is 12.3. The van der Waals surface area contributed by atoms with Gasteiger partial charge in [0.2, 0.25) is 0 Å². The lowest BCUT2D eigenvalue weighted by Gasteiger charge is -2.45. The van der Waals surface area contributed by atoms with Crippen LogP contribution in [-0.2, 0) is 23.7 Å². The van der Waals surface area contributed by atoms with Gasteiger partial charge in [-0.3, -0.25) is 4.79 Å². The van der Waals surface area contributed by atoms with Crippen molar-refractivity contribution in [2.24, 2.45) is 0 Å². The second-order valence-electron chi connectivity index (χ2n) is 11.0. The number of carbonyl (C=O) groups is 1. The van der Waals surface area contributed by atoms with Gasteiger partial charge in [-0.2, -0.15) is 0 Å². The van der Waals surface area contributed by atoms with E-state index in [2.05, 4.69) is 31.2 Å². The lowest BCUT2D eigenvalue weighted by Crippen LogP contribution is -2.64. The molecule has 0 aromatic carbocycles. The number of rotatable bonds is 19. The summed E-state index contributed by atoms with van der Waals surface area (Å²) in [6.45, 7) is 1.09. The smallest absolute Gasteiger partial charge is 0.305 e. The first-order valence-electron chi connectivity index (χ1n) is 15.3. The number of carbonyl (C=O) groups excluding carboxylic acids is 1. The zero-order chi connectivity index (χ0) is 30.9. The highest BCUT2D eigenvalue weighted by molar-refractivity contribution is 5.69. The maximum atomic E-state index is 12.3. The average Bonchev–Trinajstić information content (AvgIpc) is 2.98. The van der Waals surface area contributed by atoms with Gasteiger partial charge in [-0.15, -0.1) is 0 Å². The van der Waals surface area contributed by atoms with Crippen LogP contribution in [0.2, 0.25) is 0 Å². The van der Waals surface area contributed by atoms with E-state index in [1.807, 2.05) is 0 Å². The molecule has 1 unspecified atom stereocenters. The van der Waals surface area contributed by atoms with Crippen molar-refractivity contribution < 1.29 is 59.5 Å². The molecule has 12 heteroatoms. The fourth-order valence-electron chi connectivity index (χ4n) is 4.88. The zero-order valence-electron chi connectivity index (χ0n) is 24.7. The largest absolute Gasteiger partial charge is 0.463 e. The molecule has 12 nitrogen and oxygen atoms in total. The summed E-state index contributed by atoms with van der Waals surface area (Å²) in [6.07, 6.45) is 4.65. The van der Waals surface area contributed by atoms with E-state index in [4.69, 9.17) is 18.9 Å². The Kier molecular flexibility index (Phi) is 17.9. The van der Waals surface area contributed by atoms with E-state index in [0.29, 0.717) is 6.42 Å². The van der Waals surface area contributed by atoms with Crippen molar-refractivity contribution in [2.75, 3.05) is 13.2 Å². The minimum atomic E-state index is -1.79. The van der Waals surface area contributed by atoms with Crippen LogP contribution >= 0.6 is 0 Å². The van der Waals surface area contributed by atoms with E-state index in [-0.39, 0.29) is 6.42 Å². The molecule has 2 aliphatic rings. The predicted molar refractivity (Wildman–Crippen MR) is 152 cm³/mol. The summed E-state index contributed by atoms with van der Waals surface area (Å²) in [6, 6.07) is 0. The fourth-order valence-corrected chi connectivity index (χ4v) is 4.88. The normalized spacial score (nSPS) is 33.9. The molecule has 2 fully saturated rings. The number of unbranched alkanes of at least 4 members (excludes halogenated alkanes) is 8. The lowest BCUT2D eigenvalue weighted by molar-refractivity contribution is -0.355. The van der Waals surface area contributed by atoms with Crippen molar-refractivity contribution in [1.82, 2.24) is 0 Å². The first kappa shape index (κ1) is 36.7. The summed E-state index contributed by atoms with van der Waals surface area (Å²) in [5, 5.41) is 70.1. The third-order valence-electron chi connectivity index (χ3n) is 7.54. The van der Waals surface area contributed by atoms with Gasteiger partial charge in [0, 0.05) is 6.42 Å². The molecule has 0 aromatic heterocycles. The van der Waals surface area contributed by atoms with Crippen LogP contribution in [0.4, 0.5) is 0 Å². The molecule has 0 amide bonds. The van der Waals surface area contributed by atoms with Crippen LogP contribution in [0, 0.1) is 0 Å². The summed E-state index contributed by atoms with van der Waals surface area (Å²) in [5.41, 5.74) is 0. The molecular weight excluding hydrogens is 552 g/mol. The highest BCUT2D eigenvalue weighted by Gasteiger charge is 2.50. The molecule has 0 radical (unpaired) electrons. The SMILES string of the molecule is CCCCC/C=C\C/C=C\CCCCCCCC(=O)OC[C@H]1OC(O)[C@H](O)[C@@H](O)[C@@H]1O[C@H]1O[C@H](CO)[C@@H](O)[C@H](O)[C@H]1O. The number of esters is 1. The Hall–Kier alpha value is -1.45. The maximum Gasteiger partial charge on any atom is 0.305 e. The van der Waals surface area contributed by atoms with Crippen LogP contribution in [0.3, 0.4) is 0 Å². The van der Waals surface area contributed by atoms with Crippen molar-refractivity contribution in [1.29, 1.82) is 0 Å². The van der Waals surface area contributed by atoms with E-state index in [9.17, 15) is 40.5 Å². The Bertz CT molecular complexity index is 790. The minimum absolute atomic E-state index is 0.170. The Balaban J connectivity index is 1.68. The molecule has 2 rings (SSSR count). The third-order valence-corrected chi connectivity index (χ3v) is 7.54. The molecule has 0 aliphatic carbocycles. The number of hydrogen-bond donors (Lipinski definition) is 7. The first-order chi connectivity index (χ1) is 20.2. The number of ether oxygens (including phenoxy) is 4. The zero-order valence-corrected chi connectivity index (χ0v) is 24.7. The quantitative estimate of drug-likeness (QED) is 0.0628. The van der Waals surface area contributed by atoms with E-state index < -0.39 is 80.6 Å². The summed E-state index contributed by atoms with van der Waals surface area (Å²) < 4.78 is 21.4. The Labute approximate surface area is 248 Å². The molecule has 0 bridgehead atoms. The van der Waals surface area contributed by atoms with E-state index in [0.717, 1.165) is 44.9 Å². The summed E-state index contributed by atoms with van der Waals surface area (Å²) in [4.78, 5) is 12.3. The van der Waals surface area contributed by atoms with Crippen LogP contribution in [0.1, 0.15) is 84.0 Å². The van der Waals surface area contributed by atoms with Crippen LogP contribution in [-0.4, -0.2) is 116 Å². The molecule has 2 heterocycles. The highest BCUT2D eigenvalue weighted by atomic mass is 16.7. The summed E-state index contributed by atoms with van der Waals surface area (Å²) in [5.74, 6) is -0.508. The topological polar surface area (TPSA) is 196 Å². The molecule has 42 heavy (non-hydrogen) atoms. The number of hydrogen-bond acceptors (Lipinski definition) is 12. The van der Waals surface area contributed by atoms with E-state index in [1.54, 1.807) is 0 Å². The second-order valence-corrected chi connectivity index (χ2v) is 11.0. The van der Waals surface area contributed by atoms with Gasteiger partial charge in [-0.25, -0.2) is 0 Å². The predicted octanol–water partition coefficient (Wildman–Crippen LogP) is 0.967. The number of aliphatic hydroxyl groups is 7. The second kappa shape index (κ2) is 20.5. The van der Waals surface area contributed by atoms with Gasteiger partial charge in [0.05, 0.1) is 6.61 Å². The van der Waals surface area contributed by atoms with Crippen LogP contribution in [0.15, 0.2) is 24.3 Å². The van der Waals surface area contributed by atoms with Gasteiger partial charge in [-0.05, 0) is 38.5 Å². The van der Waals surface area contributed by atoms with Crippen molar-refractivity contribution in [3.05, 3.63) is 24.3 Å². The molecule has 0 saturated carbocycles. The summed E-state index contributed by atoms with van der Waals surface area (Å²) >= 11 is 0. The molecule has 2 aliphatic heterocycles. The van der Waals surface area contributed by atoms with Gasteiger partial charge in [0.1, 0.15) is 55.4 Å². The van der Waals surface area contributed by atoms with Gasteiger partial charge in [-0.1, -0.05) is 63.3 Å². The summed E-state index contributed by atoms with van der Waals surface area (Å²) in [7, 11) is 0. The molecule has 0 spiro atoms. The van der Waals surface area contributed by atoms with Crippen molar-refractivity contribution in [2.45, 2.75) is 145 Å². The van der Waals surface area contributed by atoms with Crippen molar-refractivity contribution in [3.63, 3.8) is 0 Å². The molecule has 244 valence electrons. The standard InChI is InChI=1S/C30H52O12/c1-2-3-4-5-6-7-8-9-10-11-12-13-14-15-16-17-22(32)39-19-21-28(25(35)26(36)29(38)40-21)42-30-27(37)24(34)23(33)20(18-31)41-30/h6-7,9-10,20-21,23-31,33-38H,2-5,8,11-19H2,1H3/b7-6-,10-9-/t20-,21-,23-,24+,25-,26-,27-,28-,29?,30-/m1/s1. The van der Waals surface area contributed by atoms with Gasteiger partial charge < -0.3 is 54.7 Å². The maximum absolute atomic E-state index is 12.3. The Morgan fingerprint density at radius 1 is 0.714 bits per heavy atom. The van der Waals surface area contributed by atoms with E-state index >= 15 is 0 Å². The van der Waals surface area contributed by atoms with Crippen LogP contribution in [0.25, 0.3) is 0 Å². The molecule has 7 N–H and O–H groups in total. The number of allylic oxidation sites excluding steroid dienone is 4. The Morgan fingerprint density at radius 2 is 1.36 bits per heavy atom. The monoisotopic (exact) mass is 604 g/mol. The van der Waals surface area contributed by atoms with Crippen molar-refractivity contribution >= 4 is 5.97 Å². The van der Waals surface area contributed by atoms with Crippen molar-refractivity contribution in [3.8, 4) is 0 Å². The Morgan fingerprint density at radius 3 is 2.02 bits per heavy atom. The highest BCUT2D eigenvalue weighted by Crippen LogP contribution is 2.29. The van der Waals surface area contributed by atoms with Crippen LogP contribution < -0.4 is 0 Å². The fraction of sp³-hybridized carbons (Fsp3) is 0.833. The lowest BCUT2D eigenvalue weighted by atomic mass is 9.97. The van der Waals surface area contributed by atoms with Crippen LogP contribution in [0.5, 0.6) is 0 Å². The first-order valence-corrected chi connectivity index (χ1v) is 15.3. The van der Waals surface area contributed by atoms with E-state index in [1.165, 1.54) is 19.3 Å². The van der Waals surface area contributed by atoms with Gasteiger partial charge in [0.15, 0.2) is 12.6 Å². The van der Waals surface area contributed by atoms with Gasteiger partial charge in [0.25, 0.3) is 0 Å². The van der Waals surface area contributed by atoms with Gasteiger partial charge >= 0.3 is 5.97 Å². The average molecular weight is 605 g/mol. The number of aliphatic hydroxyl groups excluding tert-OH is 7. The minimum Gasteiger partial charge on any atom is -0.463 e. The molecule has 2 saturated heterocycles. The molecule has 0 aromatic rings. The molecule has 10 atom stereocenters. The molecular formula is C30H52O12.